The lowest BCUT2D eigenvalue weighted by molar-refractivity contribution is 0.406. The first-order valence-electron chi connectivity index (χ1n) is 3.89. The number of nitrogens with zero attached hydrogens (tertiary/aromatic N) is 3. The molecule has 1 atom stereocenters. The summed E-state index contributed by atoms with van der Waals surface area (Å²) in [5.41, 5.74) is 0.780. The van der Waals surface area contributed by atoms with Gasteiger partial charge in [-0.2, -0.15) is 4.09 Å². The van der Waals surface area contributed by atoms with Crippen LogP contribution in [0.1, 0.15) is 26.5 Å². The van der Waals surface area contributed by atoms with Crippen molar-refractivity contribution in [2.75, 3.05) is 0 Å². The first-order valence-corrected chi connectivity index (χ1v) is 4.93. The zero-order valence-corrected chi connectivity index (χ0v) is 8.67. The van der Waals surface area contributed by atoms with E-state index in [-0.39, 0.29) is 5.41 Å². The maximum absolute atomic E-state index is 10.4. The predicted molar refractivity (Wildman–Crippen MR) is 47.5 cm³/mol. The average Bonchev–Trinajstić information content (AvgIpc) is 2.31. The Balaban J connectivity index is 2.75. The average molecular weight is 202 g/mol. The fourth-order valence-electron chi connectivity index (χ4n) is 0.978. The summed E-state index contributed by atoms with van der Waals surface area (Å²) in [4.78, 5) is 0. The summed E-state index contributed by atoms with van der Waals surface area (Å²) in [7, 11) is 0. The molecule has 0 amide bonds. The molecule has 0 aliphatic carbocycles. The fraction of sp³-hybridized carbons (Fsp3) is 0.714. The molecule has 0 saturated carbocycles. The van der Waals surface area contributed by atoms with Crippen molar-refractivity contribution in [1.82, 2.24) is 14.4 Å². The number of hydrogen-bond acceptors (Lipinski definition) is 4. The van der Waals surface area contributed by atoms with Gasteiger partial charge in [-0.1, -0.05) is 26.0 Å². The molecule has 0 saturated heterocycles. The van der Waals surface area contributed by atoms with Crippen LogP contribution in [0.15, 0.2) is 6.20 Å². The Kier molecular flexibility index (Phi) is 2.82. The van der Waals surface area contributed by atoms with Crippen molar-refractivity contribution in [3.05, 3.63) is 11.9 Å². The van der Waals surface area contributed by atoms with Crippen LogP contribution < -0.4 is 0 Å². The standard InChI is InChI=1S/C7H13N3O2S/c1-7(2,3)4-6-5-10(9-8-6)13(11)12/h5H,4H2,1-3H3,(H,11,12)/p-1. The predicted octanol–water partition coefficient (Wildman–Crippen LogP) is 0.509. The molecule has 1 aromatic rings. The summed E-state index contributed by atoms with van der Waals surface area (Å²) >= 11 is -2.34. The first-order chi connectivity index (χ1) is 5.88. The summed E-state index contributed by atoms with van der Waals surface area (Å²) in [5.74, 6) is 0. The number of hydrogen-bond donors (Lipinski definition) is 0. The highest BCUT2D eigenvalue weighted by molar-refractivity contribution is 7.77. The Bertz CT molecular complexity index is 316. The summed E-state index contributed by atoms with van der Waals surface area (Å²) in [5, 5.41) is 7.20. The smallest absolute Gasteiger partial charge is 0.0844 e. The van der Waals surface area contributed by atoms with Crippen LogP contribution in [0.25, 0.3) is 0 Å². The molecule has 0 spiro atoms. The lowest BCUT2D eigenvalue weighted by Gasteiger charge is -2.15. The van der Waals surface area contributed by atoms with Gasteiger partial charge in [0, 0.05) is 0 Å². The van der Waals surface area contributed by atoms with Crippen molar-refractivity contribution in [1.29, 1.82) is 0 Å². The van der Waals surface area contributed by atoms with Gasteiger partial charge in [0.1, 0.15) is 0 Å². The molecule has 1 unspecified atom stereocenters. The van der Waals surface area contributed by atoms with E-state index in [1.54, 1.807) is 0 Å². The molecule has 0 radical (unpaired) electrons. The van der Waals surface area contributed by atoms with Crippen molar-refractivity contribution >= 4 is 11.3 Å². The summed E-state index contributed by atoms with van der Waals surface area (Å²) in [6.07, 6.45) is 2.14. The van der Waals surface area contributed by atoms with Gasteiger partial charge in [-0.05, 0) is 11.8 Å². The van der Waals surface area contributed by atoms with Crippen LogP contribution in [-0.2, 0) is 17.7 Å². The molecule has 0 bridgehead atoms. The van der Waals surface area contributed by atoms with Gasteiger partial charge < -0.3 is 4.55 Å². The third-order valence-electron chi connectivity index (χ3n) is 1.38. The van der Waals surface area contributed by atoms with E-state index < -0.39 is 11.3 Å². The van der Waals surface area contributed by atoms with E-state index in [2.05, 4.69) is 31.1 Å². The maximum Gasteiger partial charge on any atom is 0.0844 e. The molecule has 74 valence electrons. The Hall–Kier alpha value is -0.750. The van der Waals surface area contributed by atoms with Crippen LogP contribution in [0, 0.1) is 5.41 Å². The Morgan fingerprint density at radius 3 is 2.62 bits per heavy atom. The van der Waals surface area contributed by atoms with Crippen molar-refractivity contribution in [2.45, 2.75) is 27.2 Å². The molecule has 0 aliphatic rings. The minimum Gasteiger partial charge on any atom is -0.754 e. The third-order valence-corrected chi connectivity index (χ3v) is 1.87. The van der Waals surface area contributed by atoms with Crippen molar-refractivity contribution < 1.29 is 8.76 Å². The molecule has 0 fully saturated rings. The van der Waals surface area contributed by atoms with Gasteiger partial charge in [0.05, 0.1) is 23.2 Å². The lowest BCUT2D eigenvalue weighted by Crippen LogP contribution is -2.09. The van der Waals surface area contributed by atoms with Crippen molar-refractivity contribution in [3.8, 4) is 0 Å². The van der Waals surface area contributed by atoms with E-state index in [9.17, 15) is 8.76 Å². The van der Waals surface area contributed by atoms with Crippen LogP contribution in [0.4, 0.5) is 0 Å². The maximum atomic E-state index is 10.4. The molecule has 1 aromatic heterocycles. The largest absolute Gasteiger partial charge is 0.754 e. The molecule has 0 aromatic carbocycles. The van der Waals surface area contributed by atoms with Crippen molar-refractivity contribution in [2.24, 2.45) is 5.41 Å². The zero-order chi connectivity index (χ0) is 10.1. The quantitative estimate of drug-likeness (QED) is 0.655. The summed E-state index contributed by atoms with van der Waals surface area (Å²) < 4.78 is 21.7. The van der Waals surface area contributed by atoms with Crippen LogP contribution in [0.3, 0.4) is 0 Å². The van der Waals surface area contributed by atoms with E-state index in [0.717, 1.165) is 4.09 Å². The highest BCUT2D eigenvalue weighted by Crippen LogP contribution is 2.18. The van der Waals surface area contributed by atoms with Gasteiger partial charge in [-0.15, -0.1) is 5.10 Å². The second kappa shape index (κ2) is 3.55. The monoisotopic (exact) mass is 202 g/mol. The van der Waals surface area contributed by atoms with E-state index in [1.807, 2.05) is 0 Å². The normalized spacial score (nSPS) is 14.5. The summed E-state index contributed by atoms with van der Waals surface area (Å²) in [6, 6.07) is 0. The van der Waals surface area contributed by atoms with Gasteiger partial charge in [0.2, 0.25) is 0 Å². The molecule has 1 rings (SSSR count). The van der Waals surface area contributed by atoms with E-state index in [4.69, 9.17) is 0 Å². The van der Waals surface area contributed by atoms with Gasteiger partial charge in [0.25, 0.3) is 0 Å². The minimum atomic E-state index is -2.34. The molecule has 1 heterocycles. The van der Waals surface area contributed by atoms with Crippen LogP contribution >= 0.6 is 0 Å². The van der Waals surface area contributed by atoms with Crippen LogP contribution in [-0.4, -0.2) is 23.2 Å². The molecule has 6 heteroatoms. The van der Waals surface area contributed by atoms with Gasteiger partial charge in [-0.25, -0.2) is 0 Å². The van der Waals surface area contributed by atoms with E-state index >= 15 is 0 Å². The number of rotatable bonds is 2. The fourth-order valence-corrected chi connectivity index (χ4v) is 1.28. The highest BCUT2D eigenvalue weighted by atomic mass is 32.2. The Morgan fingerprint density at radius 1 is 1.62 bits per heavy atom. The third kappa shape index (κ3) is 3.23. The van der Waals surface area contributed by atoms with E-state index in [1.165, 1.54) is 6.20 Å². The minimum absolute atomic E-state index is 0.0885. The van der Waals surface area contributed by atoms with Crippen molar-refractivity contribution in [3.63, 3.8) is 0 Å². The van der Waals surface area contributed by atoms with Crippen LogP contribution in [0.2, 0.25) is 0 Å². The van der Waals surface area contributed by atoms with Gasteiger partial charge in [0.15, 0.2) is 0 Å². The highest BCUT2D eigenvalue weighted by Gasteiger charge is 2.13. The SMILES string of the molecule is CC(C)(C)Cc1cn(S(=O)[O-])nn1. The topological polar surface area (TPSA) is 70.8 Å². The number of aromatic nitrogens is 3. The van der Waals surface area contributed by atoms with Gasteiger partial charge >= 0.3 is 0 Å². The molecular weight excluding hydrogens is 190 g/mol. The molecular formula is C7H12N3O2S-. The van der Waals surface area contributed by atoms with Gasteiger partial charge in [-0.3, -0.25) is 4.21 Å². The van der Waals surface area contributed by atoms with Crippen LogP contribution in [0.5, 0.6) is 0 Å². The lowest BCUT2D eigenvalue weighted by atomic mass is 9.91. The summed E-state index contributed by atoms with van der Waals surface area (Å²) in [6.45, 7) is 6.17. The Morgan fingerprint density at radius 2 is 2.23 bits per heavy atom. The zero-order valence-electron chi connectivity index (χ0n) is 7.85. The van der Waals surface area contributed by atoms with E-state index in [0.29, 0.717) is 12.1 Å². The first kappa shape index (κ1) is 10.3. The second-order valence-electron chi connectivity index (χ2n) is 4.07. The Labute approximate surface area is 79.6 Å². The molecule has 0 aliphatic heterocycles. The molecule has 0 N–H and O–H groups in total. The molecule has 5 nitrogen and oxygen atoms in total. The molecule has 13 heavy (non-hydrogen) atoms. The second-order valence-corrected chi connectivity index (χ2v) is 4.88.